The number of aryl methyl sites for hydroxylation is 1. The van der Waals surface area contributed by atoms with E-state index in [1.807, 2.05) is 18.2 Å². The van der Waals surface area contributed by atoms with Crippen molar-refractivity contribution in [2.75, 3.05) is 5.32 Å². The number of fused-ring (bicyclic) bond motifs is 1. The monoisotopic (exact) mass is 354 g/mol. The molecule has 0 radical (unpaired) electrons. The van der Waals surface area contributed by atoms with E-state index in [4.69, 9.17) is 4.74 Å². The van der Waals surface area contributed by atoms with Crippen molar-refractivity contribution in [1.82, 2.24) is 4.98 Å². The van der Waals surface area contributed by atoms with Crippen LogP contribution in [0.2, 0.25) is 0 Å². The van der Waals surface area contributed by atoms with Gasteiger partial charge >= 0.3 is 0 Å². The lowest BCUT2D eigenvalue weighted by Gasteiger charge is -2.15. The summed E-state index contributed by atoms with van der Waals surface area (Å²) < 4.78 is 6.21. The number of pyridine rings is 1. The van der Waals surface area contributed by atoms with Gasteiger partial charge in [0.1, 0.15) is 18.2 Å². The standard InChI is InChI=1S/C24H22N2O/c1-18-7-6-8-19(15-18)17-27-23-13-12-20-9-2-3-10-21(20)22(23)16-26-24-11-4-5-14-25-24/h2-15H,16-17H2,1H3,(H,25,26). The number of ether oxygens (including phenoxy) is 1. The molecule has 3 aromatic carbocycles. The minimum absolute atomic E-state index is 0.552. The third-order valence-corrected chi connectivity index (χ3v) is 4.59. The van der Waals surface area contributed by atoms with Crippen LogP contribution in [0.3, 0.4) is 0 Å². The topological polar surface area (TPSA) is 34.1 Å². The number of rotatable bonds is 6. The number of nitrogens with one attached hydrogen (secondary N) is 1. The Hall–Kier alpha value is -3.33. The third-order valence-electron chi connectivity index (χ3n) is 4.59. The van der Waals surface area contributed by atoms with Gasteiger partial charge in [0.25, 0.3) is 0 Å². The summed E-state index contributed by atoms with van der Waals surface area (Å²) in [6, 6.07) is 26.9. The highest BCUT2D eigenvalue weighted by Crippen LogP contribution is 2.29. The average molecular weight is 354 g/mol. The first-order chi connectivity index (χ1) is 13.3. The molecule has 0 aliphatic rings. The zero-order chi connectivity index (χ0) is 18.5. The maximum atomic E-state index is 6.21. The van der Waals surface area contributed by atoms with Crippen molar-refractivity contribution in [1.29, 1.82) is 0 Å². The molecule has 3 heteroatoms. The van der Waals surface area contributed by atoms with Crippen molar-refractivity contribution in [3.8, 4) is 5.75 Å². The lowest BCUT2D eigenvalue weighted by atomic mass is 10.0. The zero-order valence-corrected chi connectivity index (χ0v) is 15.4. The fourth-order valence-corrected chi connectivity index (χ4v) is 3.24. The Kier molecular flexibility index (Phi) is 5.01. The van der Waals surface area contributed by atoms with Gasteiger partial charge in [-0.2, -0.15) is 0 Å². The van der Waals surface area contributed by atoms with Gasteiger partial charge in [0.15, 0.2) is 0 Å². The van der Waals surface area contributed by atoms with E-state index < -0.39 is 0 Å². The van der Waals surface area contributed by atoms with E-state index in [1.165, 1.54) is 21.9 Å². The number of aromatic nitrogens is 1. The van der Waals surface area contributed by atoms with E-state index in [9.17, 15) is 0 Å². The van der Waals surface area contributed by atoms with Gasteiger partial charge in [-0.05, 0) is 41.5 Å². The Morgan fingerprint density at radius 1 is 0.889 bits per heavy atom. The van der Waals surface area contributed by atoms with Crippen LogP contribution in [-0.4, -0.2) is 4.98 Å². The molecule has 134 valence electrons. The molecule has 1 N–H and O–H groups in total. The van der Waals surface area contributed by atoms with E-state index in [0.717, 1.165) is 17.1 Å². The second-order valence-electron chi connectivity index (χ2n) is 6.61. The van der Waals surface area contributed by atoms with Crippen molar-refractivity contribution in [3.63, 3.8) is 0 Å². The Balaban J connectivity index is 1.62. The van der Waals surface area contributed by atoms with Crippen LogP contribution in [0.4, 0.5) is 5.82 Å². The van der Waals surface area contributed by atoms with Crippen LogP contribution in [0.1, 0.15) is 16.7 Å². The first kappa shape index (κ1) is 17.1. The average Bonchev–Trinajstić information content (AvgIpc) is 2.71. The molecule has 0 saturated carbocycles. The number of nitrogens with zero attached hydrogens (tertiary/aromatic N) is 1. The summed E-state index contributed by atoms with van der Waals surface area (Å²) in [5, 5.41) is 5.81. The Morgan fingerprint density at radius 3 is 2.63 bits per heavy atom. The molecule has 0 saturated heterocycles. The van der Waals surface area contributed by atoms with Gasteiger partial charge in [-0.15, -0.1) is 0 Å². The SMILES string of the molecule is Cc1cccc(COc2ccc3ccccc3c2CNc2ccccn2)c1. The van der Waals surface area contributed by atoms with Gasteiger partial charge in [-0.25, -0.2) is 4.98 Å². The first-order valence-corrected chi connectivity index (χ1v) is 9.13. The lowest BCUT2D eigenvalue weighted by Crippen LogP contribution is -2.05. The fraction of sp³-hybridized carbons (Fsp3) is 0.125. The number of anilines is 1. The normalized spacial score (nSPS) is 10.7. The molecule has 1 aromatic heterocycles. The van der Waals surface area contributed by atoms with Crippen LogP contribution >= 0.6 is 0 Å². The molecule has 4 rings (SSSR count). The minimum atomic E-state index is 0.552. The largest absolute Gasteiger partial charge is 0.489 e. The minimum Gasteiger partial charge on any atom is -0.489 e. The molecule has 0 unspecified atom stereocenters. The summed E-state index contributed by atoms with van der Waals surface area (Å²) in [6.45, 7) is 3.31. The van der Waals surface area contributed by atoms with Gasteiger partial charge in [0, 0.05) is 18.3 Å². The lowest BCUT2D eigenvalue weighted by molar-refractivity contribution is 0.304. The molecule has 3 nitrogen and oxygen atoms in total. The molecule has 27 heavy (non-hydrogen) atoms. The Bertz CT molecular complexity index is 1040. The van der Waals surface area contributed by atoms with Gasteiger partial charge < -0.3 is 10.1 Å². The molecular weight excluding hydrogens is 332 g/mol. The van der Waals surface area contributed by atoms with Crippen molar-refractivity contribution in [3.05, 3.63) is 102 Å². The first-order valence-electron chi connectivity index (χ1n) is 9.13. The molecule has 0 amide bonds. The Morgan fingerprint density at radius 2 is 1.78 bits per heavy atom. The number of hydrogen-bond donors (Lipinski definition) is 1. The van der Waals surface area contributed by atoms with Gasteiger partial charge in [-0.3, -0.25) is 0 Å². The number of hydrogen-bond acceptors (Lipinski definition) is 3. The molecule has 0 spiro atoms. The van der Waals surface area contributed by atoms with Crippen LogP contribution < -0.4 is 10.1 Å². The second-order valence-corrected chi connectivity index (χ2v) is 6.61. The van der Waals surface area contributed by atoms with Crippen LogP contribution in [-0.2, 0) is 13.2 Å². The van der Waals surface area contributed by atoms with Crippen LogP contribution in [0.25, 0.3) is 10.8 Å². The molecule has 0 atom stereocenters. The van der Waals surface area contributed by atoms with Gasteiger partial charge in [0.05, 0.1) is 0 Å². The quantitative estimate of drug-likeness (QED) is 0.480. The van der Waals surface area contributed by atoms with Gasteiger partial charge in [-0.1, -0.05) is 66.2 Å². The maximum absolute atomic E-state index is 6.21. The summed E-state index contributed by atoms with van der Waals surface area (Å²) in [7, 11) is 0. The smallest absolute Gasteiger partial charge is 0.126 e. The van der Waals surface area contributed by atoms with Crippen molar-refractivity contribution in [2.24, 2.45) is 0 Å². The highest BCUT2D eigenvalue weighted by atomic mass is 16.5. The van der Waals surface area contributed by atoms with Crippen LogP contribution in [0.15, 0.2) is 85.1 Å². The van der Waals surface area contributed by atoms with Crippen molar-refractivity contribution < 1.29 is 4.74 Å². The molecule has 4 aromatic rings. The molecule has 0 bridgehead atoms. The van der Waals surface area contributed by atoms with E-state index in [-0.39, 0.29) is 0 Å². The number of benzene rings is 3. The summed E-state index contributed by atoms with van der Waals surface area (Å²) in [4.78, 5) is 4.35. The van der Waals surface area contributed by atoms with E-state index >= 15 is 0 Å². The molecule has 0 aliphatic heterocycles. The van der Waals surface area contributed by atoms with Crippen molar-refractivity contribution >= 4 is 16.6 Å². The van der Waals surface area contributed by atoms with Crippen molar-refractivity contribution in [2.45, 2.75) is 20.1 Å². The molecule has 0 aliphatic carbocycles. The molecule has 1 heterocycles. The predicted molar refractivity (Wildman–Crippen MR) is 111 cm³/mol. The molecular formula is C24H22N2O. The summed E-state index contributed by atoms with van der Waals surface area (Å²) >= 11 is 0. The van der Waals surface area contributed by atoms with E-state index in [0.29, 0.717) is 13.2 Å². The summed E-state index contributed by atoms with van der Waals surface area (Å²) in [5.41, 5.74) is 3.56. The van der Waals surface area contributed by atoms with Gasteiger partial charge in [0.2, 0.25) is 0 Å². The highest BCUT2D eigenvalue weighted by Gasteiger charge is 2.10. The van der Waals surface area contributed by atoms with E-state index in [2.05, 4.69) is 77.9 Å². The summed E-state index contributed by atoms with van der Waals surface area (Å²) in [6.07, 6.45) is 1.79. The highest BCUT2D eigenvalue weighted by molar-refractivity contribution is 5.88. The third kappa shape index (κ3) is 4.09. The maximum Gasteiger partial charge on any atom is 0.126 e. The Labute approximate surface area is 159 Å². The second kappa shape index (κ2) is 7.92. The summed E-state index contributed by atoms with van der Waals surface area (Å²) in [5.74, 6) is 1.76. The molecule has 0 fully saturated rings. The predicted octanol–water partition coefficient (Wildman–Crippen LogP) is 5.73. The zero-order valence-electron chi connectivity index (χ0n) is 15.4. The van der Waals surface area contributed by atoms with E-state index in [1.54, 1.807) is 6.20 Å². The van der Waals surface area contributed by atoms with Crippen LogP contribution in [0.5, 0.6) is 5.75 Å². The fourth-order valence-electron chi connectivity index (χ4n) is 3.24. The van der Waals surface area contributed by atoms with Crippen LogP contribution in [0, 0.1) is 6.92 Å².